The smallest absolute Gasteiger partial charge is 0.291 e. The zero-order chi connectivity index (χ0) is 20.2. The van der Waals surface area contributed by atoms with Crippen LogP contribution >= 0.6 is 0 Å². The lowest BCUT2D eigenvalue weighted by Gasteiger charge is -2.19. The predicted octanol–water partition coefficient (Wildman–Crippen LogP) is 2.88. The maximum Gasteiger partial charge on any atom is 0.291 e. The van der Waals surface area contributed by atoms with Gasteiger partial charge in [-0.15, -0.1) is 0 Å². The lowest BCUT2D eigenvalue weighted by Crippen LogP contribution is -2.29. The quantitative estimate of drug-likeness (QED) is 0.786. The number of anilines is 1. The highest BCUT2D eigenvalue weighted by Gasteiger charge is 2.29. The van der Waals surface area contributed by atoms with Gasteiger partial charge >= 0.3 is 0 Å². The van der Waals surface area contributed by atoms with Gasteiger partial charge in [-0.1, -0.05) is 12.1 Å². The van der Waals surface area contributed by atoms with E-state index in [2.05, 4.69) is 10.6 Å². The van der Waals surface area contributed by atoms with E-state index in [4.69, 9.17) is 4.42 Å². The summed E-state index contributed by atoms with van der Waals surface area (Å²) in [4.78, 5) is 23.2. The molecular weight excluding hydrogens is 368 g/mol. The number of hydrogen-bond donors (Lipinski definition) is 2. The number of amides is 2. The Bertz CT molecular complexity index is 939. The van der Waals surface area contributed by atoms with Gasteiger partial charge in [-0.05, 0) is 50.6 Å². The summed E-state index contributed by atoms with van der Waals surface area (Å²) >= 11 is 0. The van der Waals surface area contributed by atoms with Crippen molar-refractivity contribution in [3.05, 3.63) is 53.5 Å². The molecule has 2 N–H and O–H groups in total. The second-order valence-corrected chi connectivity index (χ2v) is 9.94. The minimum atomic E-state index is -3.32. The largest absolute Gasteiger partial charge is 0.454 e. The molecule has 0 aliphatic carbocycles. The lowest BCUT2D eigenvalue weighted by atomic mass is 10.2. The van der Waals surface area contributed by atoms with Gasteiger partial charge in [0.25, 0.3) is 5.91 Å². The molecule has 0 radical (unpaired) electrons. The first-order valence-electron chi connectivity index (χ1n) is 8.44. The van der Waals surface area contributed by atoms with Crippen LogP contribution in [0, 0.1) is 0 Å². The molecule has 0 spiro atoms. The number of sulfone groups is 1. The fraction of sp³-hybridized carbons (Fsp3) is 0.368. The zero-order valence-corrected chi connectivity index (χ0v) is 16.6. The molecule has 0 aliphatic rings. The Hall–Kier alpha value is -2.61. The van der Waals surface area contributed by atoms with Crippen molar-refractivity contribution in [1.82, 2.24) is 5.32 Å². The van der Waals surface area contributed by atoms with Gasteiger partial charge in [-0.2, -0.15) is 0 Å². The van der Waals surface area contributed by atoms with Gasteiger partial charge in [0, 0.05) is 12.6 Å². The Kier molecular flexibility index (Phi) is 6.10. The summed E-state index contributed by atoms with van der Waals surface area (Å²) in [6, 6.07) is 9.82. The molecule has 2 amide bonds. The molecule has 1 aromatic heterocycles. The number of benzene rings is 1. The summed E-state index contributed by atoms with van der Waals surface area (Å²) in [6.07, 6.45) is 0. The SMILES string of the molecule is CC(=O)NCc1ccc(C(=O)Nc2cccc(CS(=O)(=O)C(C)(C)C)c2)o1. The highest BCUT2D eigenvalue weighted by molar-refractivity contribution is 7.91. The Balaban J connectivity index is 2.08. The van der Waals surface area contributed by atoms with Crippen LogP contribution in [0.15, 0.2) is 40.8 Å². The molecule has 1 heterocycles. The summed E-state index contributed by atoms with van der Waals surface area (Å²) in [6.45, 7) is 6.56. The highest BCUT2D eigenvalue weighted by Crippen LogP contribution is 2.22. The van der Waals surface area contributed by atoms with E-state index in [9.17, 15) is 18.0 Å². The molecular formula is C19H24N2O5S. The summed E-state index contributed by atoms with van der Waals surface area (Å²) < 4.78 is 29.3. The third-order valence-electron chi connectivity index (χ3n) is 3.87. The minimum absolute atomic E-state index is 0.100. The number of carbonyl (C=O) groups excluding carboxylic acids is 2. The van der Waals surface area contributed by atoms with Crippen LogP contribution in [0.25, 0.3) is 0 Å². The second-order valence-electron chi connectivity index (χ2n) is 7.20. The topological polar surface area (TPSA) is 105 Å². The number of rotatable bonds is 6. The molecule has 0 bridgehead atoms. The monoisotopic (exact) mass is 392 g/mol. The van der Waals surface area contributed by atoms with Crippen LogP contribution in [0.5, 0.6) is 0 Å². The van der Waals surface area contributed by atoms with Crippen molar-refractivity contribution in [1.29, 1.82) is 0 Å². The Morgan fingerprint density at radius 2 is 1.81 bits per heavy atom. The van der Waals surface area contributed by atoms with Gasteiger partial charge in [0.2, 0.25) is 5.91 Å². The first-order valence-corrected chi connectivity index (χ1v) is 10.1. The molecule has 2 aromatic rings. The van der Waals surface area contributed by atoms with Crippen LogP contribution in [0.1, 0.15) is 49.6 Å². The van der Waals surface area contributed by atoms with Crippen LogP contribution in [0.4, 0.5) is 5.69 Å². The van der Waals surface area contributed by atoms with Gasteiger partial charge in [-0.3, -0.25) is 9.59 Å². The van der Waals surface area contributed by atoms with Crippen LogP contribution < -0.4 is 10.6 Å². The summed E-state index contributed by atoms with van der Waals surface area (Å²) in [5.41, 5.74) is 1.06. The van der Waals surface area contributed by atoms with Crippen molar-refractivity contribution in [3.8, 4) is 0 Å². The van der Waals surface area contributed by atoms with Crippen molar-refractivity contribution in [2.45, 2.75) is 44.7 Å². The molecule has 0 aliphatic heterocycles. The first kappa shape index (κ1) is 20.7. The summed E-state index contributed by atoms with van der Waals surface area (Å²) in [5, 5.41) is 5.27. The number of nitrogens with one attached hydrogen (secondary N) is 2. The van der Waals surface area contributed by atoms with E-state index in [0.29, 0.717) is 17.0 Å². The average molecular weight is 392 g/mol. The van der Waals surface area contributed by atoms with E-state index in [1.165, 1.54) is 13.0 Å². The molecule has 0 atom stereocenters. The molecule has 146 valence electrons. The summed E-state index contributed by atoms with van der Waals surface area (Å²) in [5.74, 6) is -0.204. The Labute approximate surface area is 159 Å². The van der Waals surface area contributed by atoms with Crippen molar-refractivity contribution in [3.63, 3.8) is 0 Å². The predicted molar refractivity (Wildman–Crippen MR) is 103 cm³/mol. The van der Waals surface area contributed by atoms with Gasteiger partial charge in [0.15, 0.2) is 15.6 Å². The van der Waals surface area contributed by atoms with E-state index in [-0.39, 0.29) is 24.0 Å². The average Bonchev–Trinajstić information content (AvgIpc) is 3.01. The van der Waals surface area contributed by atoms with Gasteiger partial charge in [0.05, 0.1) is 17.0 Å². The second kappa shape index (κ2) is 7.96. The van der Waals surface area contributed by atoms with Crippen molar-refractivity contribution in [2.75, 3.05) is 5.32 Å². The zero-order valence-electron chi connectivity index (χ0n) is 15.8. The third kappa shape index (κ3) is 5.68. The third-order valence-corrected chi connectivity index (χ3v) is 6.45. The summed E-state index contributed by atoms with van der Waals surface area (Å²) in [7, 11) is -3.32. The van der Waals surface area contributed by atoms with E-state index in [1.54, 1.807) is 51.1 Å². The molecule has 8 heteroatoms. The molecule has 0 fully saturated rings. The van der Waals surface area contributed by atoms with Gasteiger partial charge in [0.1, 0.15) is 5.76 Å². The van der Waals surface area contributed by atoms with Crippen LogP contribution in [0.2, 0.25) is 0 Å². The van der Waals surface area contributed by atoms with E-state index in [0.717, 1.165) is 0 Å². The first-order chi connectivity index (χ1) is 12.5. The Morgan fingerprint density at radius 1 is 1.11 bits per heavy atom. The van der Waals surface area contributed by atoms with E-state index in [1.807, 2.05) is 0 Å². The van der Waals surface area contributed by atoms with Crippen molar-refractivity contribution < 1.29 is 22.4 Å². The number of carbonyl (C=O) groups is 2. The molecule has 0 saturated carbocycles. The molecule has 0 saturated heterocycles. The Morgan fingerprint density at radius 3 is 2.44 bits per heavy atom. The van der Waals surface area contributed by atoms with Crippen LogP contribution in [0.3, 0.4) is 0 Å². The molecule has 2 rings (SSSR count). The van der Waals surface area contributed by atoms with Crippen LogP contribution in [-0.2, 0) is 26.9 Å². The minimum Gasteiger partial charge on any atom is -0.454 e. The van der Waals surface area contributed by atoms with Gasteiger partial charge in [-0.25, -0.2) is 8.42 Å². The van der Waals surface area contributed by atoms with Crippen molar-refractivity contribution >= 4 is 27.3 Å². The normalized spacial score (nSPS) is 11.9. The van der Waals surface area contributed by atoms with Gasteiger partial charge < -0.3 is 15.1 Å². The molecule has 0 unspecified atom stereocenters. The van der Waals surface area contributed by atoms with E-state index >= 15 is 0 Å². The molecule has 27 heavy (non-hydrogen) atoms. The standard InChI is InChI=1S/C19H24N2O5S/c1-13(22)20-11-16-8-9-17(26-16)18(23)21-15-7-5-6-14(10-15)12-27(24,25)19(2,3)4/h5-10H,11-12H2,1-4H3,(H,20,22)(H,21,23). The maximum atomic E-state index is 12.4. The van der Waals surface area contributed by atoms with E-state index < -0.39 is 20.5 Å². The fourth-order valence-corrected chi connectivity index (χ4v) is 3.23. The number of hydrogen-bond acceptors (Lipinski definition) is 5. The molecule has 1 aromatic carbocycles. The lowest BCUT2D eigenvalue weighted by molar-refractivity contribution is -0.119. The van der Waals surface area contributed by atoms with Crippen LogP contribution in [-0.4, -0.2) is 25.0 Å². The highest BCUT2D eigenvalue weighted by atomic mass is 32.2. The van der Waals surface area contributed by atoms with Crippen molar-refractivity contribution in [2.24, 2.45) is 0 Å². The number of furan rings is 1. The molecule has 7 nitrogen and oxygen atoms in total. The maximum absolute atomic E-state index is 12.4. The fourth-order valence-electron chi connectivity index (χ4n) is 2.17.